The van der Waals surface area contributed by atoms with Crippen LogP contribution in [-0.2, 0) is 16.0 Å². The van der Waals surface area contributed by atoms with Crippen molar-refractivity contribution in [3.8, 4) is 0 Å². The van der Waals surface area contributed by atoms with E-state index in [0.717, 1.165) is 35.6 Å². The maximum absolute atomic E-state index is 12.6. The quantitative estimate of drug-likeness (QED) is 0.764. The molecule has 0 unspecified atom stereocenters. The monoisotopic (exact) mass is 392 g/mol. The molecule has 0 amide bonds. The SMILES string of the molecule is C[C@@H](CS(=O)(=O)c1ccc(C(F)(F)F)cc1)c1ccc(C(=O)CO)s1. The van der Waals surface area contributed by atoms with Gasteiger partial charge in [0.1, 0.15) is 6.61 Å². The van der Waals surface area contributed by atoms with Gasteiger partial charge >= 0.3 is 6.18 Å². The van der Waals surface area contributed by atoms with Gasteiger partial charge in [0, 0.05) is 10.8 Å². The number of sulfone groups is 1. The molecule has 0 aliphatic rings. The Morgan fingerprint density at radius 2 is 1.76 bits per heavy atom. The molecule has 1 aromatic carbocycles. The average Bonchev–Trinajstić information content (AvgIpc) is 3.03. The Morgan fingerprint density at radius 3 is 2.28 bits per heavy atom. The molecule has 25 heavy (non-hydrogen) atoms. The van der Waals surface area contributed by atoms with E-state index in [9.17, 15) is 26.4 Å². The number of aliphatic hydroxyl groups excluding tert-OH is 1. The van der Waals surface area contributed by atoms with Crippen LogP contribution in [0.2, 0.25) is 0 Å². The Hall–Kier alpha value is -1.71. The molecule has 0 spiro atoms. The predicted octanol–water partition coefficient (Wildman–Crippen LogP) is 3.52. The number of halogens is 3. The van der Waals surface area contributed by atoms with E-state index in [1.54, 1.807) is 13.0 Å². The van der Waals surface area contributed by atoms with Gasteiger partial charge < -0.3 is 5.11 Å². The number of Topliss-reactive ketones (excluding diaryl/α,β-unsaturated/α-hetero) is 1. The summed E-state index contributed by atoms with van der Waals surface area (Å²) in [6, 6.07) is 6.49. The zero-order valence-electron chi connectivity index (χ0n) is 13.1. The van der Waals surface area contributed by atoms with Gasteiger partial charge in [-0.15, -0.1) is 11.3 Å². The third kappa shape index (κ3) is 4.68. The average molecular weight is 392 g/mol. The number of alkyl halides is 3. The molecule has 1 atom stereocenters. The molecule has 0 fully saturated rings. The molecule has 2 aromatic rings. The number of hydrogen-bond donors (Lipinski definition) is 1. The summed E-state index contributed by atoms with van der Waals surface area (Å²) in [5.74, 6) is -1.20. The van der Waals surface area contributed by atoms with E-state index in [-0.39, 0.29) is 10.6 Å². The molecule has 0 radical (unpaired) electrons. The van der Waals surface area contributed by atoms with Crippen molar-refractivity contribution in [3.05, 3.63) is 51.7 Å². The second-order valence-corrected chi connectivity index (χ2v) is 8.64. The smallest absolute Gasteiger partial charge is 0.388 e. The molecule has 9 heteroatoms. The van der Waals surface area contributed by atoms with E-state index in [4.69, 9.17) is 5.11 Å². The van der Waals surface area contributed by atoms with Crippen LogP contribution in [0.25, 0.3) is 0 Å². The Labute approximate surface area is 146 Å². The van der Waals surface area contributed by atoms with E-state index in [1.165, 1.54) is 6.07 Å². The standard InChI is InChI=1S/C16H15F3O4S2/c1-10(14-6-7-15(24-14)13(21)8-20)9-25(22,23)12-4-2-11(3-5-12)16(17,18)19/h2-7,10,20H,8-9H2,1H3/t10-/m0/s1. The van der Waals surface area contributed by atoms with Crippen molar-refractivity contribution in [2.45, 2.75) is 23.9 Å². The molecule has 0 aliphatic carbocycles. The van der Waals surface area contributed by atoms with Gasteiger partial charge in [0.25, 0.3) is 0 Å². The van der Waals surface area contributed by atoms with Crippen molar-refractivity contribution in [2.24, 2.45) is 0 Å². The van der Waals surface area contributed by atoms with Crippen LogP contribution in [-0.4, -0.2) is 31.7 Å². The predicted molar refractivity (Wildman–Crippen MR) is 87.6 cm³/mol. The molecule has 1 aromatic heterocycles. The Morgan fingerprint density at radius 1 is 1.16 bits per heavy atom. The van der Waals surface area contributed by atoms with E-state index in [2.05, 4.69) is 0 Å². The van der Waals surface area contributed by atoms with E-state index in [0.29, 0.717) is 9.75 Å². The lowest BCUT2D eigenvalue weighted by molar-refractivity contribution is -0.137. The van der Waals surface area contributed by atoms with Crippen molar-refractivity contribution >= 4 is 27.0 Å². The first-order chi connectivity index (χ1) is 11.5. The van der Waals surface area contributed by atoms with Crippen LogP contribution < -0.4 is 0 Å². The molecule has 0 saturated carbocycles. The summed E-state index contributed by atoms with van der Waals surface area (Å²) in [6.07, 6.45) is -4.53. The first-order valence-electron chi connectivity index (χ1n) is 7.18. The second kappa shape index (κ2) is 7.27. The van der Waals surface area contributed by atoms with Crippen LogP contribution in [0.3, 0.4) is 0 Å². The molecular formula is C16H15F3O4S2. The van der Waals surface area contributed by atoms with Gasteiger partial charge in [-0.05, 0) is 36.4 Å². The number of carbonyl (C=O) groups excluding carboxylic acids is 1. The molecule has 0 saturated heterocycles. The minimum Gasteiger partial charge on any atom is -0.388 e. The fourth-order valence-corrected chi connectivity index (χ4v) is 4.88. The summed E-state index contributed by atoms with van der Waals surface area (Å²) in [7, 11) is -3.78. The van der Waals surface area contributed by atoms with Crippen molar-refractivity contribution in [3.63, 3.8) is 0 Å². The summed E-state index contributed by atoms with van der Waals surface area (Å²) in [5, 5.41) is 8.83. The first kappa shape index (κ1) is 19.6. The highest BCUT2D eigenvalue weighted by atomic mass is 32.2. The Balaban J connectivity index is 2.17. The van der Waals surface area contributed by atoms with Gasteiger partial charge in [0.15, 0.2) is 15.6 Å². The minimum atomic E-state index is -4.53. The second-order valence-electron chi connectivity index (χ2n) is 5.49. The molecule has 1 N–H and O–H groups in total. The van der Waals surface area contributed by atoms with Crippen LogP contribution in [0.1, 0.15) is 33.0 Å². The first-order valence-corrected chi connectivity index (χ1v) is 9.65. The van der Waals surface area contributed by atoms with Crippen molar-refractivity contribution in [2.75, 3.05) is 12.4 Å². The van der Waals surface area contributed by atoms with Gasteiger partial charge in [0.05, 0.1) is 21.1 Å². The van der Waals surface area contributed by atoms with Gasteiger partial charge in [-0.3, -0.25) is 4.79 Å². The number of benzene rings is 1. The lowest BCUT2D eigenvalue weighted by Crippen LogP contribution is -2.13. The summed E-state index contributed by atoms with van der Waals surface area (Å²) in [4.78, 5) is 12.2. The molecule has 0 bridgehead atoms. The minimum absolute atomic E-state index is 0.185. The number of carbonyl (C=O) groups is 1. The number of rotatable bonds is 6. The molecule has 1 heterocycles. The van der Waals surface area contributed by atoms with Crippen LogP contribution in [0.15, 0.2) is 41.3 Å². The van der Waals surface area contributed by atoms with Gasteiger partial charge in [0.2, 0.25) is 0 Å². The lowest BCUT2D eigenvalue weighted by atomic mass is 10.2. The Kier molecular flexibility index (Phi) is 5.70. The molecular weight excluding hydrogens is 377 g/mol. The van der Waals surface area contributed by atoms with Crippen LogP contribution in [0.4, 0.5) is 13.2 Å². The van der Waals surface area contributed by atoms with Gasteiger partial charge in [-0.25, -0.2) is 8.42 Å². The highest BCUT2D eigenvalue weighted by Gasteiger charge is 2.31. The number of ketones is 1. The number of aliphatic hydroxyl groups is 1. The summed E-state index contributed by atoms with van der Waals surface area (Å²) < 4.78 is 62.4. The summed E-state index contributed by atoms with van der Waals surface area (Å²) >= 11 is 1.09. The third-order valence-corrected chi connectivity index (χ3v) is 6.83. The summed E-state index contributed by atoms with van der Waals surface area (Å²) in [6.45, 7) is 1.03. The van der Waals surface area contributed by atoms with E-state index < -0.39 is 39.9 Å². The normalized spacial score (nSPS) is 13.6. The van der Waals surface area contributed by atoms with Crippen LogP contribution in [0, 0.1) is 0 Å². The highest BCUT2D eigenvalue weighted by Crippen LogP contribution is 2.31. The van der Waals surface area contributed by atoms with Gasteiger partial charge in [-0.2, -0.15) is 13.2 Å². The van der Waals surface area contributed by atoms with E-state index in [1.807, 2.05) is 0 Å². The maximum Gasteiger partial charge on any atom is 0.416 e. The van der Waals surface area contributed by atoms with Crippen molar-refractivity contribution < 1.29 is 31.5 Å². The number of hydrogen-bond acceptors (Lipinski definition) is 5. The molecule has 0 aliphatic heterocycles. The van der Waals surface area contributed by atoms with Gasteiger partial charge in [-0.1, -0.05) is 6.92 Å². The van der Waals surface area contributed by atoms with Crippen molar-refractivity contribution in [1.29, 1.82) is 0 Å². The summed E-state index contributed by atoms with van der Waals surface area (Å²) in [5.41, 5.74) is -0.912. The largest absolute Gasteiger partial charge is 0.416 e. The zero-order valence-corrected chi connectivity index (χ0v) is 14.7. The lowest BCUT2D eigenvalue weighted by Gasteiger charge is -2.12. The Bertz CT molecular complexity index is 852. The highest BCUT2D eigenvalue weighted by molar-refractivity contribution is 7.91. The van der Waals surface area contributed by atoms with Crippen LogP contribution in [0.5, 0.6) is 0 Å². The molecule has 136 valence electrons. The zero-order chi connectivity index (χ0) is 18.8. The third-order valence-electron chi connectivity index (χ3n) is 3.54. The van der Waals surface area contributed by atoms with E-state index >= 15 is 0 Å². The number of thiophene rings is 1. The fourth-order valence-electron chi connectivity index (χ4n) is 2.20. The maximum atomic E-state index is 12.6. The molecule has 4 nitrogen and oxygen atoms in total. The van der Waals surface area contributed by atoms with Crippen molar-refractivity contribution in [1.82, 2.24) is 0 Å². The molecule has 2 rings (SSSR count). The topological polar surface area (TPSA) is 71.4 Å². The van der Waals surface area contributed by atoms with Crippen LogP contribution >= 0.6 is 11.3 Å². The fraction of sp³-hybridized carbons (Fsp3) is 0.312.